The van der Waals surface area contributed by atoms with E-state index in [0.717, 1.165) is 4.90 Å². The average molecular weight is 406 g/mol. The molecule has 3 rings (SSSR count). The molecule has 2 N–H and O–H groups in total. The zero-order chi connectivity index (χ0) is 19.9. The number of nitrogens with zero attached hydrogens (tertiary/aromatic N) is 2. The SMILES string of the molecule is Nc1ccc(N2CCN(C(=O)c3c(F)c(F)c(F)c(F)c3F)CC2)c(Cl)c1. The maximum atomic E-state index is 13.8. The van der Waals surface area contributed by atoms with E-state index in [1.165, 1.54) is 0 Å². The maximum absolute atomic E-state index is 13.8. The minimum Gasteiger partial charge on any atom is -0.399 e. The summed E-state index contributed by atoms with van der Waals surface area (Å²) in [6.45, 7) is 0.535. The number of benzene rings is 2. The summed E-state index contributed by atoms with van der Waals surface area (Å²) in [6, 6.07) is 4.90. The molecule has 0 bridgehead atoms. The average Bonchev–Trinajstić information content (AvgIpc) is 2.65. The molecule has 2 aromatic rings. The van der Waals surface area contributed by atoms with Crippen molar-refractivity contribution in [1.82, 2.24) is 4.90 Å². The van der Waals surface area contributed by atoms with E-state index >= 15 is 0 Å². The Morgan fingerprint density at radius 3 is 1.93 bits per heavy atom. The van der Waals surface area contributed by atoms with Gasteiger partial charge in [0.2, 0.25) is 5.82 Å². The fourth-order valence-corrected chi connectivity index (χ4v) is 3.19. The summed E-state index contributed by atoms with van der Waals surface area (Å²) < 4.78 is 67.4. The minimum absolute atomic E-state index is 0.0129. The third kappa shape index (κ3) is 3.39. The van der Waals surface area contributed by atoms with Crippen molar-refractivity contribution in [2.24, 2.45) is 0 Å². The van der Waals surface area contributed by atoms with Crippen molar-refractivity contribution in [3.05, 3.63) is 57.9 Å². The number of halogens is 6. The van der Waals surface area contributed by atoms with Crippen LogP contribution in [-0.4, -0.2) is 37.0 Å². The van der Waals surface area contributed by atoms with Crippen LogP contribution in [0, 0.1) is 29.1 Å². The Bertz CT molecular complexity index is 887. The van der Waals surface area contributed by atoms with Crippen LogP contribution in [0.4, 0.5) is 33.3 Å². The van der Waals surface area contributed by atoms with E-state index in [0.29, 0.717) is 16.4 Å². The van der Waals surface area contributed by atoms with Gasteiger partial charge in [-0.1, -0.05) is 11.6 Å². The Balaban J connectivity index is 1.80. The van der Waals surface area contributed by atoms with Gasteiger partial charge in [0, 0.05) is 31.9 Å². The van der Waals surface area contributed by atoms with Gasteiger partial charge < -0.3 is 15.5 Å². The maximum Gasteiger partial charge on any atom is 0.260 e. The summed E-state index contributed by atoms with van der Waals surface area (Å²) in [5.74, 6) is -12.1. The Hall–Kier alpha value is -2.55. The number of piperazine rings is 1. The third-order valence-electron chi connectivity index (χ3n) is 4.30. The van der Waals surface area contributed by atoms with E-state index in [1.807, 2.05) is 4.90 Å². The van der Waals surface area contributed by atoms with Crippen LogP contribution in [0.15, 0.2) is 18.2 Å². The summed E-state index contributed by atoms with van der Waals surface area (Å²) in [5.41, 5.74) is 5.32. The Labute approximate surface area is 155 Å². The lowest BCUT2D eigenvalue weighted by molar-refractivity contribution is 0.0733. The Kier molecular flexibility index (Phi) is 5.14. The van der Waals surface area contributed by atoms with Gasteiger partial charge in [-0.15, -0.1) is 0 Å². The summed E-state index contributed by atoms with van der Waals surface area (Å²) in [7, 11) is 0. The van der Waals surface area contributed by atoms with Crippen LogP contribution in [0.2, 0.25) is 5.02 Å². The van der Waals surface area contributed by atoms with Crippen LogP contribution in [-0.2, 0) is 0 Å². The second kappa shape index (κ2) is 7.22. The number of carbonyl (C=O) groups is 1. The number of carbonyl (C=O) groups excluding carboxylic acids is 1. The highest BCUT2D eigenvalue weighted by Crippen LogP contribution is 2.29. The first-order valence-corrected chi connectivity index (χ1v) is 8.20. The lowest BCUT2D eigenvalue weighted by atomic mass is 10.1. The molecule has 0 aliphatic carbocycles. The topological polar surface area (TPSA) is 49.6 Å². The second-order valence-corrected chi connectivity index (χ2v) is 6.34. The second-order valence-electron chi connectivity index (χ2n) is 5.94. The van der Waals surface area contributed by atoms with Crippen molar-refractivity contribution in [2.75, 3.05) is 36.8 Å². The number of hydrogen-bond donors (Lipinski definition) is 1. The number of amides is 1. The Morgan fingerprint density at radius 1 is 0.889 bits per heavy atom. The van der Waals surface area contributed by atoms with E-state index in [1.54, 1.807) is 18.2 Å². The highest BCUT2D eigenvalue weighted by Gasteiger charge is 2.33. The lowest BCUT2D eigenvalue weighted by Gasteiger charge is -2.36. The predicted octanol–water partition coefficient (Wildman–Crippen LogP) is 3.58. The molecular formula is C17H13ClF5N3O. The molecule has 1 heterocycles. The summed E-state index contributed by atoms with van der Waals surface area (Å²) in [4.78, 5) is 15.2. The molecule has 1 aliphatic rings. The van der Waals surface area contributed by atoms with Crippen LogP contribution in [0.3, 0.4) is 0 Å². The molecular weight excluding hydrogens is 393 g/mol. The molecule has 0 aromatic heterocycles. The molecule has 0 spiro atoms. The third-order valence-corrected chi connectivity index (χ3v) is 4.61. The van der Waals surface area contributed by atoms with Crippen molar-refractivity contribution >= 4 is 28.9 Å². The largest absolute Gasteiger partial charge is 0.399 e. The predicted molar refractivity (Wildman–Crippen MR) is 90.2 cm³/mol. The normalized spacial score (nSPS) is 14.6. The Morgan fingerprint density at radius 2 is 1.41 bits per heavy atom. The van der Waals surface area contributed by atoms with Crippen molar-refractivity contribution in [3.63, 3.8) is 0 Å². The number of anilines is 2. The van der Waals surface area contributed by atoms with Gasteiger partial charge in [-0.2, -0.15) is 0 Å². The van der Waals surface area contributed by atoms with Crippen molar-refractivity contribution in [3.8, 4) is 0 Å². The lowest BCUT2D eigenvalue weighted by Crippen LogP contribution is -2.49. The highest BCUT2D eigenvalue weighted by atomic mass is 35.5. The molecule has 1 fully saturated rings. The molecule has 0 atom stereocenters. The first kappa shape index (κ1) is 19.2. The summed E-state index contributed by atoms with van der Waals surface area (Å²) in [6.07, 6.45) is 0. The number of nitrogen functional groups attached to an aromatic ring is 1. The van der Waals surface area contributed by atoms with Crippen molar-refractivity contribution in [1.29, 1.82) is 0 Å². The van der Waals surface area contributed by atoms with Gasteiger partial charge in [-0.25, -0.2) is 22.0 Å². The van der Waals surface area contributed by atoms with Gasteiger partial charge in [0.1, 0.15) is 5.56 Å². The van der Waals surface area contributed by atoms with E-state index in [4.69, 9.17) is 17.3 Å². The molecule has 4 nitrogen and oxygen atoms in total. The van der Waals surface area contributed by atoms with E-state index in [2.05, 4.69) is 0 Å². The van der Waals surface area contributed by atoms with Gasteiger partial charge in [0.15, 0.2) is 23.3 Å². The van der Waals surface area contributed by atoms with E-state index in [-0.39, 0.29) is 26.2 Å². The van der Waals surface area contributed by atoms with Crippen molar-refractivity contribution < 1.29 is 26.7 Å². The van der Waals surface area contributed by atoms with E-state index < -0.39 is 40.6 Å². The van der Waals surface area contributed by atoms with Gasteiger partial charge in [0.05, 0.1) is 10.7 Å². The minimum atomic E-state index is -2.30. The van der Waals surface area contributed by atoms with Crippen molar-refractivity contribution in [2.45, 2.75) is 0 Å². The fourth-order valence-electron chi connectivity index (χ4n) is 2.88. The van der Waals surface area contributed by atoms with Gasteiger partial charge in [-0.3, -0.25) is 4.79 Å². The molecule has 2 aromatic carbocycles. The molecule has 27 heavy (non-hydrogen) atoms. The zero-order valence-electron chi connectivity index (χ0n) is 13.7. The molecule has 0 saturated carbocycles. The smallest absolute Gasteiger partial charge is 0.260 e. The summed E-state index contributed by atoms with van der Waals surface area (Å²) in [5, 5.41) is 0.398. The molecule has 1 saturated heterocycles. The van der Waals surface area contributed by atoms with Crippen LogP contribution in [0.1, 0.15) is 10.4 Å². The first-order valence-electron chi connectivity index (χ1n) is 7.83. The summed E-state index contributed by atoms with van der Waals surface area (Å²) >= 11 is 6.13. The monoisotopic (exact) mass is 405 g/mol. The van der Waals surface area contributed by atoms with Crippen LogP contribution >= 0.6 is 11.6 Å². The first-order chi connectivity index (χ1) is 12.7. The van der Waals surface area contributed by atoms with Gasteiger partial charge in [-0.05, 0) is 18.2 Å². The van der Waals surface area contributed by atoms with Gasteiger partial charge in [0.25, 0.3) is 5.91 Å². The highest BCUT2D eigenvalue weighted by molar-refractivity contribution is 6.33. The number of hydrogen-bond acceptors (Lipinski definition) is 3. The zero-order valence-corrected chi connectivity index (χ0v) is 14.5. The molecule has 0 radical (unpaired) electrons. The number of rotatable bonds is 2. The van der Waals surface area contributed by atoms with Gasteiger partial charge >= 0.3 is 0 Å². The van der Waals surface area contributed by atoms with E-state index in [9.17, 15) is 26.7 Å². The fraction of sp³-hybridized carbons (Fsp3) is 0.235. The molecule has 10 heteroatoms. The molecule has 1 aliphatic heterocycles. The van der Waals surface area contributed by atoms with Crippen LogP contribution in [0.5, 0.6) is 0 Å². The van der Waals surface area contributed by atoms with Crippen LogP contribution < -0.4 is 10.6 Å². The molecule has 0 unspecified atom stereocenters. The quantitative estimate of drug-likeness (QED) is 0.359. The standard InChI is InChI=1S/C17H13ClF5N3O/c18-9-7-8(24)1-2-10(9)25-3-5-26(6-4-25)17(27)11-12(19)14(21)16(23)15(22)13(11)20/h1-2,7H,3-6,24H2. The molecule has 1 amide bonds. The van der Waals surface area contributed by atoms with Crippen LogP contribution in [0.25, 0.3) is 0 Å². The number of nitrogens with two attached hydrogens (primary N) is 1. The molecule has 144 valence electrons.